The molecule has 0 unspecified atom stereocenters. The average Bonchev–Trinajstić information content (AvgIpc) is 3.58. The van der Waals surface area contributed by atoms with Crippen LogP contribution in [0.15, 0.2) is 60.7 Å². The number of urea groups is 1. The molecule has 2 aliphatic rings. The molecular formula is C37H46N6O8. The lowest BCUT2D eigenvalue weighted by molar-refractivity contribution is -0.116. The monoisotopic (exact) mass is 702 g/mol. The highest BCUT2D eigenvalue weighted by Crippen LogP contribution is 2.35. The predicted molar refractivity (Wildman–Crippen MR) is 193 cm³/mol. The summed E-state index contributed by atoms with van der Waals surface area (Å²) >= 11 is 0. The first-order chi connectivity index (χ1) is 24.5. The largest absolute Gasteiger partial charge is 0.487 e. The Balaban J connectivity index is 1.18. The van der Waals surface area contributed by atoms with Crippen LogP contribution in [0.5, 0.6) is 17.2 Å². The molecule has 0 radical (unpaired) electrons. The second kappa shape index (κ2) is 16.9. The third kappa shape index (κ3) is 9.60. The van der Waals surface area contributed by atoms with E-state index in [1.165, 1.54) is 4.90 Å². The predicted octanol–water partition coefficient (Wildman–Crippen LogP) is 4.91. The summed E-state index contributed by atoms with van der Waals surface area (Å²) in [6.07, 6.45) is 1.92. The number of hydrogen-bond donors (Lipinski definition) is 5. The molecule has 0 spiro atoms. The number of nitrogens with one attached hydrogen (secondary N) is 3. The highest BCUT2D eigenvalue weighted by atomic mass is 16.7. The Morgan fingerprint density at radius 1 is 0.922 bits per heavy atom. The smallest absolute Gasteiger partial charge is 0.321 e. The second-order valence-corrected chi connectivity index (χ2v) is 13.0. The summed E-state index contributed by atoms with van der Waals surface area (Å²) in [6, 6.07) is 16.3. The van der Waals surface area contributed by atoms with Crippen LogP contribution < -0.4 is 35.9 Å². The molecule has 3 aromatic rings. The van der Waals surface area contributed by atoms with Gasteiger partial charge >= 0.3 is 6.03 Å². The lowest BCUT2D eigenvalue weighted by Gasteiger charge is -2.38. The number of hydrogen-bond acceptors (Lipinski definition) is 9. The Bertz CT molecular complexity index is 1730. The number of rotatable bonds is 13. The molecule has 0 aliphatic carbocycles. The number of anilines is 4. The van der Waals surface area contributed by atoms with Crippen LogP contribution in [0.2, 0.25) is 0 Å². The Labute approximate surface area is 297 Å². The van der Waals surface area contributed by atoms with Crippen LogP contribution in [0.1, 0.15) is 56.3 Å². The van der Waals surface area contributed by atoms with Crippen LogP contribution in [0.3, 0.4) is 0 Å². The minimum Gasteiger partial charge on any atom is -0.487 e. The van der Waals surface area contributed by atoms with Gasteiger partial charge < -0.3 is 50.8 Å². The summed E-state index contributed by atoms with van der Waals surface area (Å²) in [6.45, 7) is 4.06. The van der Waals surface area contributed by atoms with Crippen LogP contribution in [-0.2, 0) is 9.59 Å². The van der Waals surface area contributed by atoms with Gasteiger partial charge in [-0.2, -0.15) is 0 Å². The topological polar surface area (TPSA) is 185 Å². The zero-order valence-corrected chi connectivity index (χ0v) is 29.1. The van der Waals surface area contributed by atoms with Crippen LogP contribution in [-0.4, -0.2) is 84.3 Å². The summed E-state index contributed by atoms with van der Waals surface area (Å²) in [5, 5.41) is 18.5. The Hall–Kier alpha value is -5.50. The number of nitrogen functional groups attached to an aromatic ring is 1. The average molecular weight is 703 g/mol. The fourth-order valence-corrected chi connectivity index (χ4v) is 5.86. The Kier molecular flexibility index (Phi) is 12.2. The van der Waals surface area contributed by atoms with E-state index in [4.69, 9.17) is 19.9 Å². The van der Waals surface area contributed by atoms with Crippen molar-refractivity contribution in [3.05, 3.63) is 66.2 Å². The molecule has 3 atom stereocenters. The molecule has 51 heavy (non-hydrogen) atoms. The number of fused-ring (bicyclic) bond motifs is 2. The van der Waals surface area contributed by atoms with E-state index in [1.807, 2.05) is 6.92 Å². The number of ether oxygens (including phenoxy) is 3. The molecule has 5 amide bonds. The number of nitrogens with two attached hydrogens (primary N) is 1. The number of unbranched alkanes of at least 4 members (excludes halogenated alkanes) is 2. The summed E-state index contributed by atoms with van der Waals surface area (Å²) in [5.74, 6) is 0.566. The highest BCUT2D eigenvalue weighted by molar-refractivity contribution is 6.00. The molecule has 5 rings (SSSR count). The molecule has 0 bridgehead atoms. The third-order valence-corrected chi connectivity index (χ3v) is 8.92. The number of carbonyl (C=O) groups excluding carboxylic acids is 4. The van der Waals surface area contributed by atoms with E-state index in [0.717, 1.165) is 0 Å². The van der Waals surface area contributed by atoms with Crippen molar-refractivity contribution in [2.75, 3.05) is 55.2 Å². The van der Waals surface area contributed by atoms with Gasteiger partial charge in [-0.25, -0.2) is 4.79 Å². The molecule has 2 heterocycles. The van der Waals surface area contributed by atoms with Gasteiger partial charge in [-0.3, -0.25) is 14.4 Å². The first-order valence-corrected chi connectivity index (χ1v) is 17.1. The van der Waals surface area contributed by atoms with Gasteiger partial charge in [-0.05, 0) is 62.2 Å². The van der Waals surface area contributed by atoms with Gasteiger partial charge in [0, 0.05) is 49.8 Å². The Morgan fingerprint density at radius 2 is 1.59 bits per heavy atom. The minimum atomic E-state index is -0.509. The zero-order chi connectivity index (χ0) is 36.5. The van der Waals surface area contributed by atoms with Crippen molar-refractivity contribution in [1.82, 2.24) is 9.80 Å². The second-order valence-electron chi connectivity index (χ2n) is 13.0. The molecule has 0 saturated carbocycles. The summed E-state index contributed by atoms with van der Waals surface area (Å²) in [4.78, 5) is 55.2. The maximum absolute atomic E-state index is 13.8. The maximum Gasteiger partial charge on any atom is 0.321 e. The van der Waals surface area contributed by atoms with Crippen LogP contribution in [0, 0.1) is 5.92 Å². The van der Waals surface area contributed by atoms with E-state index in [1.54, 1.807) is 79.5 Å². The van der Waals surface area contributed by atoms with E-state index in [9.17, 15) is 24.3 Å². The summed E-state index contributed by atoms with van der Waals surface area (Å²) in [7, 11) is 1.66. The number of benzene rings is 3. The van der Waals surface area contributed by atoms with Crippen molar-refractivity contribution >= 4 is 46.5 Å². The number of para-hydroxylation sites is 2. The fourth-order valence-electron chi connectivity index (χ4n) is 5.86. The van der Waals surface area contributed by atoms with Gasteiger partial charge in [0.2, 0.25) is 18.6 Å². The first-order valence-electron chi connectivity index (χ1n) is 17.1. The van der Waals surface area contributed by atoms with Crippen LogP contribution >= 0.6 is 0 Å². The molecule has 14 nitrogen and oxygen atoms in total. The third-order valence-electron chi connectivity index (χ3n) is 8.92. The van der Waals surface area contributed by atoms with Crippen molar-refractivity contribution in [2.24, 2.45) is 5.92 Å². The van der Waals surface area contributed by atoms with Gasteiger partial charge in [0.05, 0.1) is 36.1 Å². The van der Waals surface area contributed by atoms with E-state index in [0.29, 0.717) is 65.7 Å². The normalized spacial score (nSPS) is 16.9. The van der Waals surface area contributed by atoms with E-state index in [-0.39, 0.29) is 68.1 Å². The quantitative estimate of drug-likeness (QED) is 0.122. The number of likely N-dealkylation sites (N-methyl/N-ethyl adjacent to an activating group) is 1. The number of amides is 5. The number of aliphatic hydroxyl groups is 1. The molecule has 0 aromatic heterocycles. The fraction of sp³-hybridized carbons (Fsp3) is 0.405. The van der Waals surface area contributed by atoms with E-state index in [2.05, 4.69) is 16.0 Å². The molecule has 14 heteroatoms. The minimum absolute atomic E-state index is 0.128. The lowest BCUT2D eigenvalue weighted by atomic mass is 9.99. The van der Waals surface area contributed by atoms with Crippen molar-refractivity contribution in [3.63, 3.8) is 0 Å². The van der Waals surface area contributed by atoms with Crippen molar-refractivity contribution in [2.45, 2.75) is 58.1 Å². The molecular weight excluding hydrogens is 656 g/mol. The van der Waals surface area contributed by atoms with Crippen molar-refractivity contribution in [3.8, 4) is 17.2 Å². The van der Waals surface area contributed by atoms with Gasteiger partial charge in [0.1, 0.15) is 11.9 Å². The number of nitrogens with zero attached hydrogens (tertiary/aromatic N) is 2. The van der Waals surface area contributed by atoms with E-state index >= 15 is 0 Å². The Morgan fingerprint density at radius 3 is 2.31 bits per heavy atom. The van der Waals surface area contributed by atoms with Gasteiger partial charge in [0.25, 0.3) is 5.91 Å². The maximum atomic E-state index is 13.8. The summed E-state index contributed by atoms with van der Waals surface area (Å²) in [5.41, 5.74) is 8.18. The molecule has 272 valence electrons. The standard InChI is InChI=1S/C37H46N6O8/c1-23-19-43(24(2)21-44)36(47)27-17-25(39-34(45)11-5-4-6-12-35(46)41-29-10-8-7-9-28(29)38)13-15-30(27)51-33(23)20-42(3)37(48)40-26-14-16-31-32(18-26)50-22-49-31/h7-10,13-18,23-24,33,44H,4-6,11-12,19-22,38H2,1-3H3,(H,39,45)(H,40,48)(H,41,46)/t23-,24-,33+/m1/s1. The van der Waals surface area contributed by atoms with Crippen LogP contribution in [0.25, 0.3) is 0 Å². The molecule has 6 N–H and O–H groups in total. The van der Waals surface area contributed by atoms with Gasteiger partial charge in [-0.1, -0.05) is 25.5 Å². The summed E-state index contributed by atoms with van der Waals surface area (Å²) < 4.78 is 17.2. The van der Waals surface area contributed by atoms with Crippen molar-refractivity contribution in [1.29, 1.82) is 0 Å². The van der Waals surface area contributed by atoms with Crippen LogP contribution in [0.4, 0.5) is 27.5 Å². The molecule has 3 aromatic carbocycles. The molecule has 0 fully saturated rings. The zero-order valence-electron chi connectivity index (χ0n) is 29.1. The van der Waals surface area contributed by atoms with Gasteiger partial charge in [-0.15, -0.1) is 0 Å². The number of carbonyl (C=O) groups is 4. The lowest BCUT2D eigenvalue weighted by Crippen LogP contribution is -2.50. The van der Waals surface area contributed by atoms with Crippen molar-refractivity contribution < 1.29 is 38.5 Å². The first kappa shape index (κ1) is 36.8. The number of aliphatic hydroxyl groups excluding tert-OH is 1. The van der Waals surface area contributed by atoms with Gasteiger partial charge in [0.15, 0.2) is 11.5 Å². The molecule has 0 saturated heterocycles. The highest BCUT2D eigenvalue weighted by Gasteiger charge is 2.34. The molecule has 2 aliphatic heterocycles. The SMILES string of the molecule is C[C@@H]1CN([C@H](C)CO)C(=O)c2cc(NC(=O)CCCCCC(=O)Nc3ccccc3N)ccc2O[C@H]1CN(C)C(=O)Nc1ccc2c(c1)OCO2. The van der Waals surface area contributed by atoms with E-state index < -0.39 is 12.1 Å².